The van der Waals surface area contributed by atoms with E-state index in [-0.39, 0.29) is 51.4 Å². The molecule has 2 N–H and O–H groups in total. The van der Waals surface area contributed by atoms with Crippen molar-refractivity contribution in [2.45, 2.75) is 18.3 Å². The van der Waals surface area contributed by atoms with Gasteiger partial charge in [-0.2, -0.15) is 0 Å². The number of aliphatic hydroxyl groups excluding tert-OH is 2. The van der Waals surface area contributed by atoms with Crippen molar-refractivity contribution in [3.8, 4) is 0 Å². The number of ether oxygens (including phenoxy) is 1. The Morgan fingerprint density at radius 2 is 2.09 bits per heavy atom. The van der Waals surface area contributed by atoms with Gasteiger partial charge in [0.05, 0.1) is 12.6 Å². The number of epoxide rings is 1. The molecule has 1 rings (SSSR count). The Labute approximate surface area is 106 Å². The van der Waals surface area contributed by atoms with Gasteiger partial charge in [-0.25, -0.2) is 0 Å². The van der Waals surface area contributed by atoms with Gasteiger partial charge in [0, 0.05) is 0 Å². The molecule has 11 heavy (non-hydrogen) atoms. The Morgan fingerprint density at radius 3 is 2.36 bits per heavy atom. The van der Waals surface area contributed by atoms with Crippen molar-refractivity contribution < 1.29 is 76.2 Å². The maximum Gasteiger partial charge on any atom is 1.00 e. The van der Waals surface area contributed by atoms with Crippen molar-refractivity contribution in [3.05, 3.63) is 0 Å². The first kappa shape index (κ1) is 12.0. The first-order chi connectivity index (χ1) is 4.63. The number of aliphatic carboxylic acids is 1. The number of hydrogen-bond donors (Lipinski definition) is 2. The number of aliphatic hydroxyl groups is 2. The molecule has 0 aromatic heterocycles. The van der Waals surface area contributed by atoms with E-state index >= 15 is 0 Å². The third-order valence-corrected chi connectivity index (χ3v) is 1.31. The van der Waals surface area contributed by atoms with Crippen LogP contribution in [0.5, 0.6) is 0 Å². The standard InChI is InChI=1S/C5H8O5.K/c6-3(2-1-10-2)4(7)5(8)9;/h2-4,6-7H,1H2,(H,8,9);/q;+1/p-1. The van der Waals surface area contributed by atoms with E-state index in [1.54, 1.807) is 0 Å². The van der Waals surface area contributed by atoms with E-state index in [4.69, 9.17) is 10.2 Å². The number of rotatable bonds is 3. The monoisotopic (exact) mass is 186 g/mol. The fraction of sp³-hybridized carbons (Fsp3) is 0.800. The third-order valence-electron chi connectivity index (χ3n) is 1.31. The van der Waals surface area contributed by atoms with Gasteiger partial charge in [0.25, 0.3) is 0 Å². The van der Waals surface area contributed by atoms with Gasteiger partial charge in [-0.15, -0.1) is 0 Å². The van der Waals surface area contributed by atoms with Crippen molar-refractivity contribution in [2.24, 2.45) is 0 Å². The zero-order chi connectivity index (χ0) is 7.72. The maximum atomic E-state index is 9.90. The van der Waals surface area contributed by atoms with Crippen molar-refractivity contribution in [1.29, 1.82) is 0 Å². The molecular formula is C5H7KO5. The summed E-state index contributed by atoms with van der Waals surface area (Å²) in [6.45, 7) is 0.297. The number of hydrogen-bond acceptors (Lipinski definition) is 5. The average molecular weight is 186 g/mol. The van der Waals surface area contributed by atoms with Crippen molar-refractivity contribution in [2.75, 3.05) is 6.61 Å². The molecule has 58 valence electrons. The van der Waals surface area contributed by atoms with Gasteiger partial charge in [0.15, 0.2) is 0 Å². The molecule has 1 heterocycles. The van der Waals surface area contributed by atoms with Crippen molar-refractivity contribution in [3.63, 3.8) is 0 Å². The Kier molecular flexibility index (Phi) is 5.32. The van der Waals surface area contributed by atoms with Crippen molar-refractivity contribution >= 4 is 5.97 Å². The van der Waals surface area contributed by atoms with Gasteiger partial charge in [-0.05, 0) is 0 Å². The second-order valence-electron chi connectivity index (χ2n) is 2.13. The molecule has 0 aromatic rings. The Balaban J connectivity index is 0.000001000. The Bertz CT molecular complexity index is 146. The quantitative estimate of drug-likeness (QED) is 0.338. The molecule has 0 amide bonds. The fourth-order valence-electron chi connectivity index (χ4n) is 0.595. The molecule has 3 unspecified atom stereocenters. The predicted molar refractivity (Wildman–Crippen MR) is 26.8 cm³/mol. The summed E-state index contributed by atoms with van der Waals surface area (Å²) in [5.41, 5.74) is 0. The first-order valence-electron chi connectivity index (χ1n) is 2.81. The van der Waals surface area contributed by atoms with Crippen LogP contribution in [0.15, 0.2) is 0 Å². The summed E-state index contributed by atoms with van der Waals surface area (Å²) >= 11 is 0. The smallest absolute Gasteiger partial charge is 0.547 e. The average Bonchev–Trinajstić information content (AvgIpc) is 2.65. The van der Waals surface area contributed by atoms with E-state index in [1.807, 2.05) is 0 Å². The molecule has 1 aliphatic heterocycles. The van der Waals surface area contributed by atoms with Gasteiger partial charge < -0.3 is 24.9 Å². The predicted octanol–water partition coefficient (Wildman–Crippen LogP) is -6.14. The summed E-state index contributed by atoms with van der Waals surface area (Å²) in [6.07, 6.45) is -3.73. The molecule has 3 atom stereocenters. The molecule has 1 fully saturated rings. The Morgan fingerprint density at radius 1 is 1.64 bits per heavy atom. The van der Waals surface area contributed by atoms with E-state index in [0.717, 1.165) is 0 Å². The molecular weight excluding hydrogens is 179 g/mol. The van der Waals surface area contributed by atoms with Gasteiger partial charge in [0.1, 0.15) is 18.3 Å². The van der Waals surface area contributed by atoms with E-state index in [2.05, 4.69) is 4.74 Å². The molecule has 6 heteroatoms. The van der Waals surface area contributed by atoms with E-state index in [1.165, 1.54) is 0 Å². The number of carbonyl (C=O) groups excluding carboxylic acids is 1. The van der Waals surface area contributed by atoms with Crippen LogP contribution in [-0.4, -0.2) is 41.1 Å². The van der Waals surface area contributed by atoms with E-state index in [0.29, 0.717) is 6.61 Å². The first-order valence-corrected chi connectivity index (χ1v) is 2.81. The van der Waals surface area contributed by atoms with Crippen LogP contribution in [0.25, 0.3) is 0 Å². The molecule has 0 spiro atoms. The summed E-state index contributed by atoms with van der Waals surface area (Å²) in [5.74, 6) is -1.68. The number of carbonyl (C=O) groups is 1. The topological polar surface area (TPSA) is 93.1 Å². The van der Waals surface area contributed by atoms with Crippen LogP contribution in [0.3, 0.4) is 0 Å². The molecule has 0 aromatic carbocycles. The van der Waals surface area contributed by atoms with Crippen LogP contribution in [-0.2, 0) is 9.53 Å². The zero-order valence-electron chi connectivity index (χ0n) is 6.06. The number of carboxylic acid groups (broad SMARTS) is 1. The second-order valence-corrected chi connectivity index (χ2v) is 2.13. The summed E-state index contributed by atoms with van der Waals surface area (Å²) < 4.78 is 4.54. The summed E-state index contributed by atoms with van der Waals surface area (Å²) in [6, 6.07) is 0. The van der Waals surface area contributed by atoms with Gasteiger partial charge in [-0.3, -0.25) is 0 Å². The van der Waals surface area contributed by atoms with Crippen LogP contribution in [0, 0.1) is 0 Å². The van der Waals surface area contributed by atoms with Crippen LogP contribution in [0.4, 0.5) is 0 Å². The maximum absolute atomic E-state index is 9.90. The van der Waals surface area contributed by atoms with Crippen LogP contribution < -0.4 is 56.5 Å². The Hall–Kier alpha value is 0.986. The molecule has 0 radical (unpaired) electrons. The molecule has 1 saturated heterocycles. The largest absolute Gasteiger partial charge is 1.00 e. The molecule has 1 aliphatic rings. The number of carboxylic acids is 1. The van der Waals surface area contributed by atoms with Crippen LogP contribution in [0.2, 0.25) is 0 Å². The van der Waals surface area contributed by atoms with Crippen molar-refractivity contribution in [1.82, 2.24) is 0 Å². The molecule has 0 saturated carbocycles. The molecule has 0 bridgehead atoms. The molecule has 0 aliphatic carbocycles. The van der Waals surface area contributed by atoms with E-state index in [9.17, 15) is 9.90 Å². The van der Waals surface area contributed by atoms with Gasteiger partial charge in [-0.1, -0.05) is 0 Å². The zero-order valence-corrected chi connectivity index (χ0v) is 9.18. The van der Waals surface area contributed by atoms with Crippen LogP contribution in [0.1, 0.15) is 0 Å². The van der Waals surface area contributed by atoms with Gasteiger partial charge >= 0.3 is 51.4 Å². The van der Waals surface area contributed by atoms with Gasteiger partial charge in [0.2, 0.25) is 0 Å². The second kappa shape index (κ2) is 4.88. The minimum absolute atomic E-state index is 0. The molecule has 5 nitrogen and oxygen atoms in total. The third kappa shape index (κ3) is 3.47. The van der Waals surface area contributed by atoms with E-state index < -0.39 is 24.3 Å². The minimum atomic E-state index is -1.84. The summed E-state index contributed by atoms with van der Waals surface area (Å²) in [5, 5.41) is 27.3. The summed E-state index contributed by atoms with van der Waals surface area (Å²) in [7, 11) is 0. The van der Waals surface area contributed by atoms with Crippen LogP contribution >= 0.6 is 0 Å². The fourth-order valence-corrected chi connectivity index (χ4v) is 0.595. The summed E-state index contributed by atoms with van der Waals surface area (Å²) in [4.78, 5) is 9.90. The normalized spacial score (nSPS) is 26.5. The minimum Gasteiger partial charge on any atom is -0.547 e. The SMILES string of the molecule is O=C([O-])C(O)C(O)C1CO1.[K+].